The van der Waals surface area contributed by atoms with E-state index in [1.54, 1.807) is 12.1 Å². The Morgan fingerprint density at radius 1 is 0.373 bits per heavy atom. The Labute approximate surface area is 401 Å². The van der Waals surface area contributed by atoms with Crippen LogP contribution in [0.25, 0.3) is 0 Å². The van der Waals surface area contributed by atoms with Crippen molar-refractivity contribution in [3.63, 3.8) is 0 Å². The quantitative estimate of drug-likeness (QED) is 0.173. The van der Waals surface area contributed by atoms with Gasteiger partial charge in [-0.05, 0) is 135 Å². The molecule has 0 aromatic heterocycles. The molecule has 0 spiro atoms. The summed E-state index contributed by atoms with van der Waals surface area (Å²) in [7, 11) is 5.92. The van der Waals surface area contributed by atoms with Gasteiger partial charge in [0.25, 0.3) is 0 Å². The molecular weight excluding hydrogens is 869 g/mol. The van der Waals surface area contributed by atoms with Crippen molar-refractivity contribution in [1.29, 1.82) is 0 Å². The second-order valence-corrected chi connectivity index (χ2v) is 20.4. The average molecular weight is 945 g/mol. The Balaban J connectivity index is 0.000000186. The molecular formula is C50H76N8O8Si. The summed E-state index contributed by atoms with van der Waals surface area (Å²) in [6, 6.07) is 8.88. The summed E-state index contributed by atoms with van der Waals surface area (Å²) in [5.41, 5.74) is 0.357. The third-order valence-electron chi connectivity index (χ3n) is 17.1. The molecule has 8 unspecified atom stereocenters. The number of carbonyl (C=O) groups is 2. The molecule has 8 atom stereocenters. The first-order chi connectivity index (χ1) is 32.2. The van der Waals surface area contributed by atoms with Crippen molar-refractivity contribution in [1.82, 2.24) is 42.5 Å². The third kappa shape index (κ3) is 10.7. The lowest BCUT2D eigenvalue weighted by Gasteiger charge is -2.35. The lowest BCUT2D eigenvalue weighted by molar-refractivity contribution is 0.0685. The van der Waals surface area contributed by atoms with Gasteiger partial charge in [-0.15, -0.1) is 0 Å². The summed E-state index contributed by atoms with van der Waals surface area (Å²) in [5, 5.41) is 51.1. The lowest BCUT2D eigenvalue weighted by atomic mass is 9.76. The molecule has 17 heteroatoms. The molecule has 5 saturated heterocycles. The molecule has 2 aromatic rings. The maximum absolute atomic E-state index is 10.6. The van der Waals surface area contributed by atoms with Gasteiger partial charge in [-0.25, -0.2) is 9.59 Å². The Bertz CT molecular complexity index is 1710. The normalized spacial score (nSPS) is 38.0. The zero-order valence-corrected chi connectivity index (χ0v) is 40.9. The predicted molar refractivity (Wildman–Crippen MR) is 256 cm³/mol. The third-order valence-corrected chi connectivity index (χ3v) is 17.1. The van der Waals surface area contributed by atoms with Crippen molar-refractivity contribution in [3.05, 3.63) is 47.5 Å². The van der Waals surface area contributed by atoms with E-state index in [2.05, 4.69) is 42.5 Å². The van der Waals surface area contributed by atoms with E-state index in [1.807, 2.05) is 0 Å². The Hall–Kier alpha value is -3.52. The van der Waals surface area contributed by atoms with Gasteiger partial charge in [-0.3, -0.25) is 42.5 Å². The molecule has 2 aromatic carbocycles. The number of rotatable bonds is 6. The van der Waals surface area contributed by atoms with Crippen LogP contribution < -0.4 is 61.5 Å². The summed E-state index contributed by atoms with van der Waals surface area (Å²) in [6.45, 7) is 0. The van der Waals surface area contributed by atoms with Gasteiger partial charge in [-0.1, -0.05) is 51.4 Å². The molecule has 4 radical (unpaired) electrons. The highest BCUT2D eigenvalue weighted by Gasteiger charge is 2.54. The van der Waals surface area contributed by atoms with E-state index in [0.717, 1.165) is 47.3 Å². The fourth-order valence-corrected chi connectivity index (χ4v) is 13.9. The highest BCUT2D eigenvalue weighted by atomic mass is 28.1. The number of fused-ring (bicyclic) bond motifs is 20. The SMILES string of the molecule is C1CCC2C3NC(NC4NC(NC5NC(NC6NC(N3)C3CCCCC63)C3CCCCC53)C3CCCCC43)C2C1.COc1ccc(C(=O)O)cc1OC.COc1ccc(C(=O)O)cc1OC.[Si]. The molecule has 4 saturated carbocycles. The van der Waals surface area contributed by atoms with Gasteiger partial charge >= 0.3 is 11.9 Å². The minimum absolute atomic E-state index is 0. The van der Waals surface area contributed by atoms with Gasteiger partial charge in [0.2, 0.25) is 0 Å². The van der Waals surface area contributed by atoms with Crippen LogP contribution in [0.15, 0.2) is 36.4 Å². The van der Waals surface area contributed by atoms with Crippen LogP contribution in [0.3, 0.4) is 0 Å². The highest BCUT2D eigenvalue weighted by Crippen LogP contribution is 2.45. The van der Waals surface area contributed by atoms with Gasteiger partial charge in [0.1, 0.15) is 0 Å². The van der Waals surface area contributed by atoms with Crippen LogP contribution in [-0.2, 0) is 0 Å². The summed E-state index contributed by atoms with van der Waals surface area (Å²) >= 11 is 0. The number of hydrogen-bond acceptors (Lipinski definition) is 14. The van der Waals surface area contributed by atoms with Crippen LogP contribution in [-0.4, -0.2) is 111 Å². The van der Waals surface area contributed by atoms with Crippen molar-refractivity contribution in [2.45, 2.75) is 152 Å². The van der Waals surface area contributed by atoms with Gasteiger partial charge in [0, 0.05) is 11.0 Å². The van der Waals surface area contributed by atoms with E-state index >= 15 is 0 Å². The van der Waals surface area contributed by atoms with Crippen molar-refractivity contribution < 1.29 is 38.7 Å². The molecule has 11 rings (SSSR count). The number of nitrogens with one attached hydrogen (secondary N) is 8. The molecule has 8 bridgehead atoms. The van der Waals surface area contributed by atoms with Gasteiger partial charge < -0.3 is 29.2 Å². The van der Waals surface area contributed by atoms with E-state index in [-0.39, 0.29) is 22.1 Å². The molecule has 5 heterocycles. The highest BCUT2D eigenvalue weighted by molar-refractivity contribution is 5.89. The number of ether oxygens (including phenoxy) is 4. The van der Waals surface area contributed by atoms with E-state index in [0.29, 0.717) is 72.3 Å². The van der Waals surface area contributed by atoms with Crippen molar-refractivity contribution in [2.75, 3.05) is 28.4 Å². The second kappa shape index (κ2) is 22.5. The zero-order valence-electron chi connectivity index (χ0n) is 39.9. The molecule has 0 amide bonds. The largest absolute Gasteiger partial charge is 0.493 e. The van der Waals surface area contributed by atoms with E-state index < -0.39 is 11.9 Å². The lowest BCUT2D eigenvalue weighted by Crippen LogP contribution is -2.61. The summed E-state index contributed by atoms with van der Waals surface area (Å²) in [6.07, 6.45) is 25.6. The molecule has 9 fully saturated rings. The molecule has 9 aliphatic rings. The maximum Gasteiger partial charge on any atom is 0.335 e. The maximum atomic E-state index is 10.6. The number of hydrogen-bond donors (Lipinski definition) is 10. The van der Waals surface area contributed by atoms with Crippen molar-refractivity contribution in [3.8, 4) is 23.0 Å². The summed E-state index contributed by atoms with van der Waals surface area (Å²) < 4.78 is 19.8. The predicted octanol–water partition coefficient (Wildman–Crippen LogP) is 5.03. The first kappa shape index (κ1) is 49.9. The zero-order chi connectivity index (χ0) is 45.9. The Kier molecular flexibility index (Phi) is 16.7. The fraction of sp³-hybridized carbons (Fsp3) is 0.720. The van der Waals surface area contributed by atoms with Crippen LogP contribution >= 0.6 is 0 Å². The standard InChI is InChI=1S/C32H56N8.2C9H10O4.Si/c1-2-10-18-17(9-1)25-33-26(18)38-28-21-13-5-6-14-22(21)30(35-28)40-32-24-16-8-7-15-23(24)31(36-32)39-29-20-12-4-3-11-19(20)27(34-29)37-25;2*1-12-7-4-3-6(9(10)11)5-8(7)13-2;/h17-40H,1-16H2;2*3-5H,1-2H3,(H,10,11);. The number of carboxylic acid groups (broad SMARTS) is 2. The van der Waals surface area contributed by atoms with Gasteiger partial charge in [0.15, 0.2) is 23.0 Å². The van der Waals surface area contributed by atoms with E-state index in [4.69, 9.17) is 29.2 Å². The Morgan fingerprint density at radius 2 is 0.567 bits per heavy atom. The van der Waals surface area contributed by atoms with Gasteiger partial charge in [-0.2, -0.15) is 0 Å². The molecule has 16 nitrogen and oxygen atoms in total. The molecule has 5 aliphatic heterocycles. The number of carboxylic acids is 2. The number of aromatic carboxylic acids is 2. The molecule has 67 heavy (non-hydrogen) atoms. The van der Waals surface area contributed by atoms with E-state index in [9.17, 15) is 9.59 Å². The number of benzene rings is 2. The molecule has 4 aliphatic carbocycles. The number of methoxy groups -OCH3 is 4. The minimum Gasteiger partial charge on any atom is -0.493 e. The van der Waals surface area contributed by atoms with Crippen LogP contribution in [0.1, 0.15) is 123 Å². The minimum atomic E-state index is -0.985. The molecule has 368 valence electrons. The Morgan fingerprint density at radius 3 is 0.731 bits per heavy atom. The smallest absolute Gasteiger partial charge is 0.335 e. The van der Waals surface area contributed by atoms with Crippen molar-refractivity contribution in [2.24, 2.45) is 47.3 Å². The summed E-state index contributed by atoms with van der Waals surface area (Å²) in [5.74, 6) is 5.88. The van der Waals surface area contributed by atoms with Crippen LogP contribution in [0.2, 0.25) is 0 Å². The fourth-order valence-electron chi connectivity index (χ4n) is 13.9. The van der Waals surface area contributed by atoms with Gasteiger partial charge in [0.05, 0.1) is 88.9 Å². The molecule has 10 N–H and O–H groups in total. The monoisotopic (exact) mass is 945 g/mol. The first-order valence-electron chi connectivity index (χ1n) is 25.2. The van der Waals surface area contributed by atoms with Crippen LogP contribution in [0.4, 0.5) is 0 Å². The topological polar surface area (TPSA) is 208 Å². The first-order valence-corrected chi connectivity index (χ1v) is 25.2. The van der Waals surface area contributed by atoms with E-state index in [1.165, 1.54) is 155 Å². The summed E-state index contributed by atoms with van der Waals surface area (Å²) in [4.78, 5) is 21.1. The van der Waals surface area contributed by atoms with Crippen LogP contribution in [0, 0.1) is 47.3 Å². The average Bonchev–Trinajstić information content (AvgIpc) is 4.10. The van der Waals surface area contributed by atoms with Crippen molar-refractivity contribution >= 4 is 22.9 Å². The second-order valence-electron chi connectivity index (χ2n) is 20.4. The van der Waals surface area contributed by atoms with Crippen LogP contribution in [0.5, 0.6) is 23.0 Å².